The Bertz CT molecular complexity index is 355. The van der Waals surface area contributed by atoms with E-state index >= 15 is 0 Å². The number of rotatable bonds is 1. The van der Waals surface area contributed by atoms with Gasteiger partial charge in [-0.15, -0.1) is 12.4 Å². The Labute approximate surface area is 87.8 Å². The van der Waals surface area contributed by atoms with Crippen LogP contribution in [0, 0.1) is 0 Å². The van der Waals surface area contributed by atoms with E-state index in [4.69, 9.17) is 5.11 Å². The minimum atomic E-state index is -0.957. The first-order valence-electron chi connectivity index (χ1n) is 4.20. The fraction of sp³-hybridized carbons (Fsp3) is 0.333. The Balaban J connectivity index is 0.000000980. The van der Waals surface area contributed by atoms with E-state index in [1.54, 1.807) is 6.07 Å². The third kappa shape index (κ3) is 2.02. The second kappa shape index (κ2) is 4.39. The van der Waals surface area contributed by atoms with Gasteiger partial charge in [-0.25, -0.2) is 9.78 Å². The van der Waals surface area contributed by atoms with Gasteiger partial charge in [0.05, 0.1) is 0 Å². The third-order valence-electron chi connectivity index (χ3n) is 2.14. The molecule has 1 aromatic heterocycles. The van der Waals surface area contributed by atoms with Crippen molar-refractivity contribution in [1.82, 2.24) is 10.3 Å². The minimum Gasteiger partial charge on any atom is -0.477 e. The molecule has 0 unspecified atom stereocenters. The second-order valence-electron chi connectivity index (χ2n) is 3.03. The molecule has 5 heteroatoms. The molecule has 2 rings (SSSR count). The average Bonchev–Trinajstić information content (AvgIpc) is 2.17. The van der Waals surface area contributed by atoms with Gasteiger partial charge in [-0.1, -0.05) is 6.07 Å². The van der Waals surface area contributed by atoms with E-state index in [1.165, 1.54) is 0 Å². The number of carbonyl (C=O) groups is 1. The van der Waals surface area contributed by atoms with Gasteiger partial charge in [-0.2, -0.15) is 0 Å². The maximum atomic E-state index is 10.6. The molecule has 0 amide bonds. The predicted octanol–water partition coefficient (Wildman–Crippen LogP) is 0.847. The number of pyridine rings is 1. The van der Waals surface area contributed by atoms with Crippen LogP contribution in [-0.2, 0) is 13.0 Å². The molecule has 76 valence electrons. The number of fused-ring (bicyclic) bond motifs is 1. The summed E-state index contributed by atoms with van der Waals surface area (Å²) in [4.78, 5) is 14.7. The quantitative estimate of drug-likeness (QED) is 0.728. The lowest BCUT2D eigenvalue weighted by molar-refractivity contribution is 0.0690. The van der Waals surface area contributed by atoms with Crippen LogP contribution in [0.25, 0.3) is 0 Å². The van der Waals surface area contributed by atoms with Gasteiger partial charge in [0.1, 0.15) is 5.69 Å². The maximum Gasteiger partial charge on any atom is 0.354 e. The van der Waals surface area contributed by atoms with E-state index in [2.05, 4.69) is 10.3 Å². The normalized spacial score (nSPS) is 14.0. The van der Waals surface area contributed by atoms with Gasteiger partial charge in [0.15, 0.2) is 0 Å². The van der Waals surface area contributed by atoms with Crippen molar-refractivity contribution in [1.29, 1.82) is 0 Å². The number of hydrogen-bond donors (Lipinski definition) is 2. The highest BCUT2D eigenvalue weighted by atomic mass is 35.5. The summed E-state index contributed by atoms with van der Waals surface area (Å²) in [6, 6.07) is 3.38. The van der Waals surface area contributed by atoms with Crippen molar-refractivity contribution >= 4 is 18.4 Å². The van der Waals surface area contributed by atoms with Crippen LogP contribution in [0.2, 0.25) is 0 Å². The van der Waals surface area contributed by atoms with E-state index in [1.807, 2.05) is 6.07 Å². The first-order valence-corrected chi connectivity index (χ1v) is 4.20. The van der Waals surface area contributed by atoms with Crippen LogP contribution in [0.5, 0.6) is 0 Å². The smallest absolute Gasteiger partial charge is 0.354 e. The van der Waals surface area contributed by atoms with E-state index in [-0.39, 0.29) is 18.1 Å². The van der Waals surface area contributed by atoms with Gasteiger partial charge in [0.2, 0.25) is 0 Å². The van der Waals surface area contributed by atoms with E-state index in [9.17, 15) is 4.79 Å². The molecular formula is C9H11ClN2O2. The molecule has 0 bridgehead atoms. The number of nitrogens with one attached hydrogen (secondary N) is 1. The summed E-state index contributed by atoms with van der Waals surface area (Å²) in [6.45, 7) is 1.67. The zero-order valence-corrected chi connectivity index (χ0v) is 8.30. The second-order valence-corrected chi connectivity index (χ2v) is 3.03. The Hall–Kier alpha value is -1.13. The summed E-state index contributed by atoms with van der Waals surface area (Å²) < 4.78 is 0. The van der Waals surface area contributed by atoms with Crippen LogP contribution in [0.1, 0.15) is 21.7 Å². The molecule has 2 heterocycles. The van der Waals surface area contributed by atoms with Crippen molar-refractivity contribution in [2.45, 2.75) is 13.0 Å². The lowest BCUT2D eigenvalue weighted by Gasteiger charge is -2.15. The molecule has 0 saturated heterocycles. The summed E-state index contributed by atoms with van der Waals surface area (Å²) in [5.41, 5.74) is 2.16. The number of halogens is 1. The number of carboxylic acids is 1. The lowest BCUT2D eigenvalue weighted by Crippen LogP contribution is -2.25. The Kier molecular flexibility index (Phi) is 3.43. The number of nitrogens with zero attached hydrogens (tertiary/aromatic N) is 1. The molecule has 1 aliphatic heterocycles. The monoisotopic (exact) mass is 214 g/mol. The fourth-order valence-electron chi connectivity index (χ4n) is 1.46. The number of hydrogen-bond acceptors (Lipinski definition) is 3. The van der Waals surface area contributed by atoms with E-state index < -0.39 is 5.97 Å². The van der Waals surface area contributed by atoms with E-state index in [0.29, 0.717) is 0 Å². The van der Waals surface area contributed by atoms with Gasteiger partial charge in [0, 0.05) is 25.2 Å². The van der Waals surface area contributed by atoms with Gasteiger partial charge in [0.25, 0.3) is 0 Å². The molecule has 1 aromatic rings. The number of aromatic nitrogens is 1. The van der Waals surface area contributed by atoms with Gasteiger partial charge in [-0.3, -0.25) is 0 Å². The topological polar surface area (TPSA) is 62.2 Å². The Morgan fingerprint density at radius 3 is 3.00 bits per heavy atom. The molecule has 0 radical (unpaired) electrons. The van der Waals surface area contributed by atoms with Crippen molar-refractivity contribution in [3.8, 4) is 0 Å². The summed E-state index contributed by atoms with van der Waals surface area (Å²) in [6.07, 6.45) is 0.816. The van der Waals surface area contributed by atoms with Crippen LogP contribution in [0.15, 0.2) is 12.1 Å². The first-order chi connectivity index (χ1) is 6.27. The zero-order chi connectivity index (χ0) is 9.26. The van der Waals surface area contributed by atoms with Crippen LogP contribution in [0.4, 0.5) is 0 Å². The Morgan fingerprint density at radius 2 is 2.29 bits per heavy atom. The van der Waals surface area contributed by atoms with Crippen LogP contribution in [-0.4, -0.2) is 22.6 Å². The summed E-state index contributed by atoms with van der Waals surface area (Å²) in [7, 11) is 0. The van der Waals surface area contributed by atoms with Crippen molar-refractivity contribution in [2.24, 2.45) is 0 Å². The largest absolute Gasteiger partial charge is 0.477 e. The van der Waals surface area contributed by atoms with Crippen molar-refractivity contribution in [3.63, 3.8) is 0 Å². The molecule has 0 aromatic carbocycles. The molecule has 0 aliphatic carbocycles. The van der Waals surface area contributed by atoms with E-state index in [0.717, 1.165) is 30.8 Å². The molecule has 0 spiro atoms. The summed E-state index contributed by atoms with van der Waals surface area (Å²) in [5, 5.41) is 11.9. The SMILES string of the molecule is Cl.O=C(O)c1ccc2c(n1)CCNC2. The van der Waals surface area contributed by atoms with Gasteiger partial charge >= 0.3 is 5.97 Å². The lowest BCUT2D eigenvalue weighted by atomic mass is 10.1. The van der Waals surface area contributed by atoms with Gasteiger partial charge in [-0.05, 0) is 11.6 Å². The minimum absolute atomic E-state index is 0. The van der Waals surface area contributed by atoms with Crippen molar-refractivity contribution in [3.05, 3.63) is 29.1 Å². The maximum absolute atomic E-state index is 10.6. The highest BCUT2D eigenvalue weighted by Gasteiger charge is 2.12. The highest BCUT2D eigenvalue weighted by Crippen LogP contribution is 2.11. The van der Waals surface area contributed by atoms with Crippen LogP contribution in [0.3, 0.4) is 0 Å². The molecule has 0 atom stereocenters. The fourth-order valence-corrected chi connectivity index (χ4v) is 1.46. The average molecular weight is 215 g/mol. The molecule has 1 aliphatic rings. The molecular weight excluding hydrogens is 204 g/mol. The standard InChI is InChI=1S/C9H10N2O2.ClH/c12-9(13)8-2-1-6-5-10-4-3-7(6)11-8;/h1-2,10H,3-5H2,(H,12,13);1H. The highest BCUT2D eigenvalue weighted by molar-refractivity contribution is 5.85. The Morgan fingerprint density at radius 1 is 1.50 bits per heavy atom. The number of aromatic carboxylic acids is 1. The summed E-state index contributed by atoms with van der Waals surface area (Å²) >= 11 is 0. The molecule has 0 saturated carbocycles. The van der Waals surface area contributed by atoms with Crippen LogP contribution >= 0.6 is 12.4 Å². The molecule has 4 nitrogen and oxygen atoms in total. The molecule has 2 N–H and O–H groups in total. The first kappa shape index (κ1) is 10.9. The molecule has 0 fully saturated rings. The predicted molar refractivity (Wildman–Crippen MR) is 53.9 cm³/mol. The van der Waals surface area contributed by atoms with Crippen molar-refractivity contribution in [2.75, 3.05) is 6.54 Å². The number of carboxylic acid groups (broad SMARTS) is 1. The zero-order valence-electron chi connectivity index (χ0n) is 7.49. The summed E-state index contributed by atoms with van der Waals surface area (Å²) in [5.74, 6) is -0.957. The third-order valence-corrected chi connectivity index (χ3v) is 2.14. The van der Waals surface area contributed by atoms with Crippen molar-refractivity contribution < 1.29 is 9.90 Å². The molecule has 14 heavy (non-hydrogen) atoms. The van der Waals surface area contributed by atoms with Gasteiger partial charge < -0.3 is 10.4 Å². The van der Waals surface area contributed by atoms with Crippen LogP contribution < -0.4 is 5.32 Å².